The molecule has 1 heterocycles. The molecule has 1 N–H and O–H groups in total. The van der Waals surface area contributed by atoms with E-state index in [-0.39, 0.29) is 31.4 Å². The van der Waals surface area contributed by atoms with E-state index in [0.29, 0.717) is 0 Å². The predicted octanol–water partition coefficient (Wildman–Crippen LogP) is 1.48. The molecule has 1 saturated heterocycles. The molecule has 0 aromatic carbocycles. The van der Waals surface area contributed by atoms with Crippen LogP contribution in [-0.2, 0) is 19.1 Å². The van der Waals surface area contributed by atoms with Crippen molar-refractivity contribution in [2.45, 2.75) is 52.9 Å². The summed E-state index contributed by atoms with van der Waals surface area (Å²) in [5.74, 6) is -0.702. The minimum absolute atomic E-state index is 0.0785. The monoisotopic (exact) mass is 312 g/mol. The third-order valence-electron chi connectivity index (χ3n) is 3.61. The standard InChI is InChI=1S/C16H28N2O4/c1-16(2,3)15(21)17-9-8-14(20)22-12-13(19)18-10-6-4-5-7-11-18/h4-12H2,1-3H3,(H,17,21). The lowest BCUT2D eigenvalue weighted by atomic mass is 9.96. The van der Waals surface area contributed by atoms with Crippen LogP contribution in [0.5, 0.6) is 0 Å². The Bertz CT molecular complexity index is 393. The van der Waals surface area contributed by atoms with Crippen molar-refractivity contribution in [2.75, 3.05) is 26.2 Å². The normalized spacial score (nSPS) is 15.9. The Hall–Kier alpha value is -1.59. The van der Waals surface area contributed by atoms with Gasteiger partial charge in [0.05, 0.1) is 6.42 Å². The first-order chi connectivity index (χ1) is 10.3. The van der Waals surface area contributed by atoms with Gasteiger partial charge in [0.2, 0.25) is 5.91 Å². The van der Waals surface area contributed by atoms with Crippen molar-refractivity contribution in [3.63, 3.8) is 0 Å². The lowest BCUT2D eigenvalue weighted by Gasteiger charge is -2.20. The Kier molecular flexibility index (Phi) is 7.35. The van der Waals surface area contributed by atoms with Gasteiger partial charge in [0.1, 0.15) is 0 Å². The summed E-state index contributed by atoms with van der Waals surface area (Å²) in [4.78, 5) is 36.9. The van der Waals surface area contributed by atoms with Gasteiger partial charge < -0.3 is 15.0 Å². The van der Waals surface area contributed by atoms with E-state index in [1.54, 1.807) is 25.7 Å². The molecule has 6 heteroatoms. The van der Waals surface area contributed by atoms with Gasteiger partial charge in [-0.15, -0.1) is 0 Å². The minimum Gasteiger partial charge on any atom is -0.456 e. The first kappa shape index (κ1) is 18.5. The second kappa shape index (κ2) is 8.76. The number of likely N-dealkylation sites (tertiary alicyclic amines) is 1. The zero-order chi connectivity index (χ0) is 16.6. The molecular formula is C16H28N2O4. The molecule has 0 unspecified atom stereocenters. The van der Waals surface area contributed by atoms with Gasteiger partial charge >= 0.3 is 5.97 Å². The van der Waals surface area contributed by atoms with Crippen molar-refractivity contribution in [3.8, 4) is 0 Å². The number of rotatable bonds is 5. The summed E-state index contributed by atoms with van der Waals surface area (Å²) in [6.45, 7) is 6.94. The molecular weight excluding hydrogens is 284 g/mol. The van der Waals surface area contributed by atoms with Crippen LogP contribution in [0.15, 0.2) is 0 Å². The van der Waals surface area contributed by atoms with E-state index >= 15 is 0 Å². The number of hydrogen-bond donors (Lipinski definition) is 1. The van der Waals surface area contributed by atoms with E-state index in [9.17, 15) is 14.4 Å². The number of esters is 1. The number of amides is 2. The zero-order valence-electron chi connectivity index (χ0n) is 13.9. The van der Waals surface area contributed by atoms with Gasteiger partial charge in [-0.2, -0.15) is 0 Å². The molecule has 0 radical (unpaired) electrons. The molecule has 1 fully saturated rings. The van der Waals surface area contributed by atoms with E-state index in [1.807, 2.05) is 0 Å². The topological polar surface area (TPSA) is 75.7 Å². The summed E-state index contributed by atoms with van der Waals surface area (Å²) in [6.07, 6.45) is 4.40. The summed E-state index contributed by atoms with van der Waals surface area (Å²) < 4.78 is 4.98. The van der Waals surface area contributed by atoms with Crippen LogP contribution in [0, 0.1) is 5.41 Å². The highest BCUT2D eigenvalue weighted by atomic mass is 16.5. The van der Waals surface area contributed by atoms with E-state index in [1.165, 1.54) is 0 Å². The average Bonchev–Trinajstić information content (AvgIpc) is 2.72. The second-order valence-corrected chi connectivity index (χ2v) is 6.71. The largest absolute Gasteiger partial charge is 0.456 e. The van der Waals surface area contributed by atoms with Gasteiger partial charge in [-0.05, 0) is 12.8 Å². The fraction of sp³-hybridized carbons (Fsp3) is 0.812. The van der Waals surface area contributed by atoms with E-state index in [2.05, 4.69) is 5.32 Å². The van der Waals surface area contributed by atoms with Crippen LogP contribution in [0.4, 0.5) is 0 Å². The van der Waals surface area contributed by atoms with Gasteiger partial charge in [0.25, 0.3) is 5.91 Å². The summed E-state index contributed by atoms with van der Waals surface area (Å²) >= 11 is 0. The number of hydrogen-bond acceptors (Lipinski definition) is 4. The summed E-state index contributed by atoms with van der Waals surface area (Å²) in [5.41, 5.74) is -0.480. The Morgan fingerprint density at radius 3 is 2.18 bits per heavy atom. The van der Waals surface area contributed by atoms with Crippen LogP contribution >= 0.6 is 0 Å². The molecule has 0 bridgehead atoms. The molecule has 0 atom stereocenters. The maximum atomic E-state index is 11.9. The number of ether oxygens (including phenoxy) is 1. The quantitative estimate of drug-likeness (QED) is 0.780. The van der Waals surface area contributed by atoms with Crippen LogP contribution < -0.4 is 5.32 Å². The van der Waals surface area contributed by atoms with Crippen molar-refractivity contribution in [1.29, 1.82) is 0 Å². The molecule has 1 aliphatic heterocycles. The van der Waals surface area contributed by atoms with Crippen LogP contribution in [0.3, 0.4) is 0 Å². The van der Waals surface area contributed by atoms with Crippen molar-refractivity contribution in [2.24, 2.45) is 5.41 Å². The molecule has 1 aliphatic rings. The van der Waals surface area contributed by atoms with Crippen molar-refractivity contribution >= 4 is 17.8 Å². The third-order valence-corrected chi connectivity index (χ3v) is 3.61. The fourth-order valence-electron chi connectivity index (χ4n) is 2.17. The van der Waals surface area contributed by atoms with Gasteiger partial charge in [0.15, 0.2) is 6.61 Å². The highest BCUT2D eigenvalue weighted by Crippen LogP contribution is 2.12. The van der Waals surface area contributed by atoms with Crippen LogP contribution in [0.25, 0.3) is 0 Å². The van der Waals surface area contributed by atoms with Gasteiger partial charge in [-0.1, -0.05) is 33.6 Å². The fourth-order valence-corrected chi connectivity index (χ4v) is 2.17. The molecule has 0 saturated carbocycles. The molecule has 126 valence electrons. The van der Waals surface area contributed by atoms with Crippen LogP contribution in [-0.4, -0.2) is 48.9 Å². The zero-order valence-corrected chi connectivity index (χ0v) is 13.9. The number of carbonyl (C=O) groups excluding carboxylic acids is 3. The molecule has 0 aliphatic carbocycles. The SMILES string of the molecule is CC(C)(C)C(=O)NCCC(=O)OCC(=O)N1CCCCCC1. The minimum atomic E-state index is -0.480. The maximum absolute atomic E-state index is 11.9. The molecule has 0 aromatic rings. The number of nitrogens with one attached hydrogen (secondary N) is 1. The number of carbonyl (C=O) groups is 3. The van der Waals surface area contributed by atoms with Gasteiger partial charge in [0, 0.05) is 25.0 Å². The lowest BCUT2D eigenvalue weighted by molar-refractivity contribution is -0.152. The van der Waals surface area contributed by atoms with E-state index < -0.39 is 11.4 Å². The first-order valence-electron chi connectivity index (χ1n) is 8.02. The van der Waals surface area contributed by atoms with Crippen molar-refractivity contribution in [3.05, 3.63) is 0 Å². The van der Waals surface area contributed by atoms with Crippen LogP contribution in [0.2, 0.25) is 0 Å². The Morgan fingerprint density at radius 2 is 1.64 bits per heavy atom. The highest BCUT2D eigenvalue weighted by Gasteiger charge is 2.21. The predicted molar refractivity (Wildman–Crippen MR) is 83.1 cm³/mol. The summed E-state index contributed by atoms with van der Waals surface area (Å²) in [6, 6.07) is 0. The van der Waals surface area contributed by atoms with Crippen molar-refractivity contribution in [1.82, 2.24) is 10.2 Å². The van der Waals surface area contributed by atoms with Crippen molar-refractivity contribution < 1.29 is 19.1 Å². The summed E-state index contributed by atoms with van der Waals surface area (Å²) in [5, 5.41) is 2.68. The molecule has 1 rings (SSSR count). The molecule has 6 nitrogen and oxygen atoms in total. The Labute approximate surface area is 132 Å². The molecule has 22 heavy (non-hydrogen) atoms. The number of nitrogens with zero attached hydrogens (tertiary/aromatic N) is 1. The van der Waals surface area contributed by atoms with Crippen LogP contribution in [0.1, 0.15) is 52.9 Å². The average molecular weight is 312 g/mol. The lowest BCUT2D eigenvalue weighted by Crippen LogP contribution is -2.37. The van der Waals surface area contributed by atoms with Gasteiger partial charge in [-0.3, -0.25) is 14.4 Å². The Morgan fingerprint density at radius 1 is 1.05 bits per heavy atom. The third kappa shape index (κ3) is 6.91. The second-order valence-electron chi connectivity index (χ2n) is 6.71. The molecule has 0 spiro atoms. The van der Waals surface area contributed by atoms with Gasteiger partial charge in [-0.25, -0.2) is 0 Å². The Balaban J connectivity index is 2.19. The van der Waals surface area contributed by atoms with E-state index in [0.717, 1.165) is 38.8 Å². The first-order valence-corrected chi connectivity index (χ1v) is 8.02. The summed E-state index contributed by atoms with van der Waals surface area (Å²) in [7, 11) is 0. The highest BCUT2D eigenvalue weighted by molar-refractivity contribution is 5.82. The van der Waals surface area contributed by atoms with E-state index in [4.69, 9.17) is 4.74 Å². The maximum Gasteiger partial charge on any atom is 0.308 e. The smallest absolute Gasteiger partial charge is 0.308 e. The molecule has 0 aromatic heterocycles. The molecule has 2 amide bonds.